The molecule has 1 heterocycles. The zero-order valence-corrected chi connectivity index (χ0v) is 7.83. The van der Waals surface area contributed by atoms with Gasteiger partial charge in [0.05, 0.1) is 11.4 Å². The molecule has 3 nitrogen and oxygen atoms in total. The van der Waals surface area contributed by atoms with Crippen molar-refractivity contribution < 1.29 is 0 Å². The van der Waals surface area contributed by atoms with E-state index in [1.165, 1.54) is 0 Å². The van der Waals surface area contributed by atoms with E-state index in [9.17, 15) is 0 Å². The minimum absolute atomic E-state index is 0.208. The van der Waals surface area contributed by atoms with E-state index in [1.807, 2.05) is 20.8 Å². The van der Waals surface area contributed by atoms with Gasteiger partial charge in [0.2, 0.25) is 0 Å². The first kappa shape index (κ1) is 9.13. The summed E-state index contributed by atoms with van der Waals surface area (Å²) in [6.45, 7) is 5.93. The molecule has 12 heavy (non-hydrogen) atoms. The van der Waals surface area contributed by atoms with Gasteiger partial charge < -0.3 is 5.73 Å². The van der Waals surface area contributed by atoms with E-state index in [-0.39, 0.29) is 5.54 Å². The highest BCUT2D eigenvalue weighted by Gasteiger charge is 2.13. The molecule has 0 unspecified atom stereocenters. The van der Waals surface area contributed by atoms with Crippen LogP contribution in [-0.4, -0.2) is 15.5 Å². The van der Waals surface area contributed by atoms with Crippen molar-refractivity contribution in [1.29, 1.82) is 0 Å². The van der Waals surface area contributed by atoms with Gasteiger partial charge in [-0.15, -0.1) is 0 Å². The number of hydrogen-bond acceptors (Lipinski definition) is 3. The molecule has 0 bridgehead atoms. The predicted molar refractivity (Wildman–Crippen MR) is 48.7 cm³/mol. The Bertz CT molecular complexity index is 263. The van der Waals surface area contributed by atoms with E-state index < -0.39 is 0 Å². The molecule has 2 N–H and O–H groups in total. The van der Waals surface area contributed by atoms with Crippen LogP contribution < -0.4 is 5.73 Å². The minimum atomic E-state index is -0.208. The van der Waals surface area contributed by atoms with E-state index in [2.05, 4.69) is 9.97 Å². The summed E-state index contributed by atoms with van der Waals surface area (Å²) in [4.78, 5) is 8.37. The molecule has 0 amide bonds. The fourth-order valence-electron chi connectivity index (χ4n) is 1.04. The Morgan fingerprint density at radius 1 is 1.33 bits per heavy atom. The van der Waals surface area contributed by atoms with Gasteiger partial charge in [-0.3, -0.25) is 9.97 Å². The highest BCUT2D eigenvalue weighted by atomic mass is 14.8. The molecular weight excluding hydrogens is 150 g/mol. The van der Waals surface area contributed by atoms with Crippen molar-refractivity contribution in [2.45, 2.75) is 32.7 Å². The number of hydrogen-bond donors (Lipinski definition) is 1. The second kappa shape index (κ2) is 3.19. The first-order chi connectivity index (χ1) is 5.49. The van der Waals surface area contributed by atoms with Crippen LogP contribution in [0.15, 0.2) is 12.4 Å². The molecule has 0 fully saturated rings. The molecule has 0 spiro atoms. The van der Waals surface area contributed by atoms with E-state index in [0.29, 0.717) is 0 Å². The molecule has 3 heteroatoms. The highest BCUT2D eigenvalue weighted by molar-refractivity contribution is 5.11. The Morgan fingerprint density at radius 3 is 2.42 bits per heavy atom. The van der Waals surface area contributed by atoms with Crippen molar-refractivity contribution in [2.75, 3.05) is 0 Å². The lowest BCUT2D eigenvalue weighted by Crippen LogP contribution is -2.35. The summed E-state index contributed by atoms with van der Waals surface area (Å²) in [5, 5.41) is 0. The number of aromatic nitrogens is 2. The summed E-state index contributed by atoms with van der Waals surface area (Å²) in [7, 11) is 0. The average molecular weight is 165 g/mol. The SMILES string of the molecule is Cc1nccnc1CC(C)(C)N. The maximum absolute atomic E-state index is 5.87. The zero-order valence-electron chi connectivity index (χ0n) is 7.83. The minimum Gasteiger partial charge on any atom is -0.325 e. The van der Waals surface area contributed by atoms with Gasteiger partial charge in [0.15, 0.2) is 0 Å². The van der Waals surface area contributed by atoms with Gasteiger partial charge in [0, 0.05) is 24.4 Å². The molecule has 1 rings (SSSR count). The lowest BCUT2D eigenvalue weighted by molar-refractivity contribution is 0.507. The van der Waals surface area contributed by atoms with Crippen LogP contribution in [0.1, 0.15) is 25.2 Å². The lowest BCUT2D eigenvalue weighted by atomic mass is 9.99. The molecule has 0 saturated carbocycles. The Kier molecular flexibility index (Phi) is 2.43. The van der Waals surface area contributed by atoms with E-state index in [0.717, 1.165) is 17.8 Å². The fraction of sp³-hybridized carbons (Fsp3) is 0.556. The van der Waals surface area contributed by atoms with Crippen LogP contribution in [0.2, 0.25) is 0 Å². The topological polar surface area (TPSA) is 51.8 Å². The molecule has 0 aliphatic heterocycles. The normalized spacial score (nSPS) is 11.7. The van der Waals surface area contributed by atoms with Crippen molar-refractivity contribution in [3.63, 3.8) is 0 Å². The van der Waals surface area contributed by atoms with Crippen LogP contribution in [0, 0.1) is 6.92 Å². The monoisotopic (exact) mass is 165 g/mol. The number of rotatable bonds is 2. The van der Waals surface area contributed by atoms with Gasteiger partial charge in [0.25, 0.3) is 0 Å². The number of nitrogens with two attached hydrogens (primary N) is 1. The third-order valence-corrected chi connectivity index (χ3v) is 1.61. The standard InChI is InChI=1S/C9H15N3/c1-7-8(6-9(2,3)10)12-5-4-11-7/h4-5H,6,10H2,1-3H3. The van der Waals surface area contributed by atoms with Crippen LogP contribution >= 0.6 is 0 Å². The summed E-state index contributed by atoms with van der Waals surface area (Å²) in [6, 6.07) is 0. The van der Waals surface area contributed by atoms with Crippen LogP contribution in [0.25, 0.3) is 0 Å². The molecule has 0 radical (unpaired) electrons. The molecule has 1 aromatic rings. The van der Waals surface area contributed by atoms with Gasteiger partial charge in [-0.05, 0) is 20.8 Å². The first-order valence-electron chi connectivity index (χ1n) is 4.04. The summed E-state index contributed by atoms with van der Waals surface area (Å²) in [6.07, 6.45) is 4.17. The molecule has 1 aromatic heterocycles. The van der Waals surface area contributed by atoms with E-state index >= 15 is 0 Å². The van der Waals surface area contributed by atoms with E-state index in [1.54, 1.807) is 12.4 Å². The van der Waals surface area contributed by atoms with Gasteiger partial charge >= 0.3 is 0 Å². The second-order valence-electron chi connectivity index (χ2n) is 3.75. The summed E-state index contributed by atoms with van der Waals surface area (Å²) < 4.78 is 0. The van der Waals surface area contributed by atoms with Crippen LogP contribution in [0.4, 0.5) is 0 Å². The largest absolute Gasteiger partial charge is 0.325 e. The molecule has 0 saturated heterocycles. The Morgan fingerprint density at radius 2 is 1.92 bits per heavy atom. The maximum atomic E-state index is 5.87. The zero-order chi connectivity index (χ0) is 9.19. The molecule has 0 atom stereocenters. The third kappa shape index (κ3) is 2.58. The lowest BCUT2D eigenvalue weighted by Gasteiger charge is -2.18. The van der Waals surface area contributed by atoms with Gasteiger partial charge in [0.1, 0.15) is 0 Å². The van der Waals surface area contributed by atoms with Crippen LogP contribution in [-0.2, 0) is 6.42 Å². The highest BCUT2D eigenvalue weighted by Crippen LogP contribution is 2.09. The first-order valence-corrected chi connectivity index (χ1v) is 4.04. The third-order valence-electron chi connectivity index (χ3n) is 1.61. The smallest absolute Gasteiger partial charge is 0.0633 e. The Labute approximate surface area is 73.0 Å². The summed E-state index contributed by atoms with van der Waals surface area (Å²) >= 11 is 0. The van der Waals surface area contributed by atoms with Crippen molar-refractivity contribution in [2.24, 2.45) is 5.73 Å². The van der Waals surface area contributed by atoms with Crippen LogP contribution in [0.3, 0.4) is 0 Å². The maximum Gasteiger partial charge on any atom is 0.0633 e. The summed E-state index contributed by atoms with van der Waals surface area (Å²) in [5.74, 6) is 0. The average Bonchev–Trinajstić information content (AvgIpc) is 1.91. The van der Waals surface area contributed by atoms with Crippen molar-refractivity contribution in [3.05, 3.63) is 23.8 Å². The molecular formula is C9H15N3. The Balaban J connectivity index is 2.83. The fourth-order valence-corrected chi connectivity index (χ4v) is 1.04. The summed E-state index contributed by atoms with van der Waals surface area (Å²) in [5.41, 5.74) is 7.62. The van der Waals surface area contributed by atoms with Crippen LogP contribution in [0.5, 0.6) is 0 Å². The number of nitrogens with zero attached hydrogens (tertiary/aromatic N) is 2. The molecule has 0 aliphatic carbocycles. The van der Waals surface area contributed by atoms with Crippen molar-refractivity contribution in [3.8, 4) is 0 Å². The van der Waals surface area contributed by atoms with Gasteiger partial charge in [-0.1, -0.05) is 0 Å². The van der Waals surface area contributed by atoms with Crippen molar-refractivity contribution >= 4 is 0 Å². The van der Waals surface area contributed by atoms with E-state index in [4.69, 9.17) is 5.73 Å². The quantitative estimate of drug-likeness (QED) is 0.713. The van der Waals surface area contributed by atoms with Gasteiger partial charge in [-0.2, -0.15) is 0 Å². The molecule has 0 aromatic carbocycles. The Hall–Kier alpha value is -0.960. The molecule has 0 aliphatic rings. The number of aryl methyl sites for hydroxylation is 1. The second-order valence-corrected chi connectivity index (χ2v) is 3.75. The van der Waals surface area contributed by atoms with Crippen molar-refractivity contribution in [1.82, 2.24) is 9.97 Å². The van der Waals surface area contributed by atoms with Gasteiger partial charge in [-0.25, -0.2) is 0 Å². The predicted octanol–water partition coefficient (Wildman–Crippen LogP) is 1.06. The molecule has 66 valence electrons.